The molecule has 158 valence electrons. The number of hydrogen-bond acceptors (Lipinski definition) is 6. The van der Waals surface area contributed by atoms with Crippen molar-refractivity contribution in [2.24, 2.45) is 0 Å². The normalized spacial score (nSPS) is 10.3. The third-order valence-electron chi connectivity index (χ3n) is 4.02. The number of aromatic nitrogens is 1. The smallest absolute Gasteiger partial charge is 0.267 e. The molecule has 7 nitrogen and oxygen atoms in total. The van der Waals surface area contributed by atoms with Gasteiger partial charge in [-0.25, -0.2) is 4.98 Å². The number of pyridine rings is 1. The van der Waals surface area contributed by atoms with Crippen LogP contribution in [0.1, 0.15) is 25.6 Å². The Labute approximate surface area is 196 Å². The number of carbonyl (C=O) groups is 2. The van der Waals surface area contributed by atoms with Gasteiger partial charge in [0.15, 0.2) is 0 Å². The molecule has 0 atom stereocenters. The molecule has 2 N–H and O–H groups in total. The Hall–Kier alpha value is -2.83. The molecule has 31 heavy (non-hydrogen) atoms. The quantitative estimate of drug-likeness (QED) is 0.457. The molecule has 0 fully saturated rings. The van der Waals surface area contributed by atoms with Gasteiger partial charge in [-0.2, -0.15) is 5.26 Å². The molecule has 0 aliphatic rings. The molecular formula is C20H13Cl3N4O3S. The molecule has 0 saturated carbocycles. The van der Waals surface area contributed by atoms with Crippen molar-refractivity contribution in [1.82, 2.24) is 4.98 Å². The highest BCUT2D eigenvalue weighted by Crippen LogP contribution is 2.35. The van der Waals surface area contributed by atoms with E-state index in [1.54, 1.807) is 11.4 Å². The molecule has 0 aliphatic carbocycles. The van der Waals surface area contributed by atoms with Gasteiger partial charge in [-0.15, -0.1) is 11.3 Å². The van der Waals surface area contributed by atoms with Gasteiger partial charge in [-0.3, -0.25) is 9.59 Å². The summed E-state index contributed by atoms with van der Waals surface area (Å²) in [5.74, 6) is -0.695. The van der Waals surface area contributed by atoms with Crippen LogP contribution in [0.25, 0.3) is 0 Å². The number of rotatable bonds is 6. The van der Waals surface area contributed by atoms with Crippen molar-refractivity contribution in [1.29, 1.82) is 5.26 Å². The average molecular weight is 496 g/mol. The van der Waals surface area contributed by atoms with E-state index in [4.69, 9.17) is 44.8 Å². The molecule has 0 saturated heterocycles. The van der Waals surface area contributed by atoms with Crippen molar-refractivity contribution in [2.75, 3.05) is 17.7 Å². The molecule has 0 radical (unpaired) electrons. The molecule has 0 unspecified atom stereocenters. The number of anilines is 2. The van der Waals surface area contributed by atoms with Gasteiger partial charge in [0.2, 0.25) is 0 Å². The summed E-state index contributed by atoms with van der Waals surface area (Å²) < 4.78 is 5.31. The average Bonchev–Trinajstić information content (AvgIpc) is 3.11. The Morgan fingerprint density at radius 2 is 1.94 bits per heavy atom. The molecule has 0 aliphatic heterocycles. The lowest BCUT2D eigenvalue weighted by Crippen LogP contribution is -2.19. The van der Waals surface area contributed by atoms with Gasteiger partial charge in [0, 0.05) is 17.3 Å². The number of hydrogen-bond donors (Lipinski definition) is 2. The second kappa shape index (κ2) is 9.98. The number of ether oxygens (including phenoxy) is 1. The van der Waals surface area contributed by atoms with E-state index in [1.807, 2.05) is 6.07 Å². The van der Waals surface area contributed by atoms with Gasteiger partial charge in [0.05, 0.1) is 40.9 Å². The van der Waals surface area contributed by atoms with Crippen LogP contribution < -0.4 is 15.4 Å². The topological polar surface area (TPSA) is 104 Å². The van der Waals surface area contributed by atoms with Crippen LogP contribution in [0.3, 0.4) is 0 Å². The molecule has 2 heterocycles. The fraction of sp³-hybridized carbons (Fsp3) is 0.100. The van der Waals surface area contributed by atoms with Gasteiger partial charge in [-0.1, -0.05) is 34.8 Å². The minimum Gasteiger partial charge on any atom is -0.494 e. The molecule has 11 heteroatoms. The summed E-state index contributed by atoms with van der Waals surface area (Å²) in [7, 11) is 1.38. The lowest BCUT2D eigenvalue weighted by Gasteiger charge is -2.15. The van der Waals surface area contributed by atoms with Gasteiger partial charge >= 0.3 is 0 Å². The number of carbonyl (C=O) groups excluding carboxylic acids is 2. The van der Waals surface area contributed by atoms with Gasteiger partial charge in [0.1, 0.15) is 16.4 Å². The van der Waals surface area contributed by atoms with Crippen LogP contribution in [0.15, 0.2) is 35.8 Å². The highest BCUT2D eigenvalue weighted by molar-refractivity contribution is 7.13. The Balaban J connectivity index is 1.95. The number of methoxy groups -OCH3 is 1. The summed E-state index contributed by atoms with van der Waals surface area (Å²) in [6.45, 7) is 0. The summed E-state index contributed by atoms with van der Waals surface area (Å²) in [6, 6.07) is 7.95. The van der Waals surface area contributed by atoms with Gasteiger partial charge in [0.25, 0.3) is 11.8 Å². The van der Waals surface area contributed by atoms with Crippen molar-refractivity contribution in [3.63, 3.8) is 0 Å². The van der Waals surface area contributed by atoms with E-state index >= 15 is 0 Å². The number of thiophene rings is 1. The van der Waals surface area contributed by atoms with Crippen molar-refractivity contribution >= 4 is 69.5 Å². The highest BCUT2D eigenvalue weighted by atomic mass is 35.5. The lowest BCUT2D eigenvalue weighted by molar-refractivity contribution is 0.102. The minimum atomic E-state index is -0.576. The van der Waals surface area contributed by atoms with Crippen molar-refractivity contribution in [2.45, 2.75) is 6.42 Å². The first kappa shape index (κ1) is 22.8. The maximum absolute atomic E-state index is 12.9. The highest BCUT2D eigenvalue weighted by Gasteiger charge is 2.23. The van der Waals surface area contributed by atoms with Crippen molar-refractivity contribution in [3.05, 3.63) is 66.9 Å². The zero-order chi connectivity index (χ0) is 22.5. The van der Waals surface area contributed by atoms with Crippen LogP contribution in [0.5, 0.6) is 5.75 Å². The van der Waals surface area contributed by atoms with E-state index < -0.39 is 11.8 Å². The van der Waals surface area contributed by atoms with Crippen LogP contribution in [0.4, 0.5) is 11.5 Å². The Morgan fingerprint density at radius 3 is 2.58 bits per heavy atom. The van der Waals surface area contributed by atoms with Crippen LogP contribution in [0, 0.1) is 11.3 Å². The summed E-state index contributed by atoms with van der Waals surface area (Å²) in [6.07, 6.45) is 1.46. The Morgan fingerprint density at radius 1 is 1.16 bits per heavy atom. The van der Waals surface area contributed by atoms with E-state index in [2.05, 4.69) is 15.6 Å². The number of amides is 2. The van der Waals surface area contributed by atoms with Crippen molar-refractivity contribution < 1.29 is 14.3 Å². The van der Waals surface area contributed by atoms with E-state index in [9.17, 15) is 9.59 Å². The third-order valence-corrected chi connectivity index (χ3v) is 6.03. The fourth-order valence-corrected chi connectivity index (χ4v) is 4.17. The Bertz CT molecular complexity index is 1190. The Kier molecular flexibility index (Phi) is 7.36. The predicted octanol–water partition coefficient (Wildman–Crippen LogP) is 5.68. The first-order valence-electron chi connectivity index (χ1n) is 8.58. The van der Waals surface area contributed by atoms with Crippen LogP contribution in [-0.4, -0.2) is 23.9 Å². The third kappa shape index (κ3) is 5.27. The van der Waals surface area contributed by atoms with Gasteiger partial charge < -0.3 is 15.4 Å². The molecule has 3 aromatic rings. The predicted molar refractivity (Wildman–Crippen MR) is 122 cm³/mol. The van der Waals surface area contributed by atoms with Crippen LogP contribution >= 0.6 is 46.1 Å². The number of halogens is 3. The van der Waals surface area contributed by atoms with E-state index in [0.717, 1.165) is 11.3 Å². The van der Waals surface area contributed by atoms with Crippen molar-refractivity contribution in [3.8, 4) is 11.8 Å². The zero-order valence-corrected chi connectivity index (χ0v) is 18.9. The first-order valence-corrected chi connectivity index (χ1v) is 10.6. The number of nitrogens with zero attached hydrogens (tertiary/aromatic N) is 2. The number of nitrogens with one attached hydrogen (secondary N) is 2. The van der Waals surface area contributed by atoms with E-state index in [-0.39, 0.29) is 44.2 Å². The molecule has 0 bridgehead atoms. The van der Waals surface area contributed by atoms with E-state index in [1.165, 1.54) is 31.5 Å². The SMILES string of the molecule is COc1cc(Cl)cc(C(=O)Nc2ccc(Cl)cn2)c1NC(=O)c1scc(CC#N)c1Cl. The summed E-state index contributed by atoms with van der Waals surface area (Å²) in [4.78, 5) is 30.0. The fourth-order valence-electron chi connectivity index (χ4n) is 2.59. The van der Waals surface area contributed by atoms with Crippen LogP contribution in [0.2, 0.25) is 15.1 Å². The summed E-state index contributed by atoms with van der Waals surface area (Å²) in [5, 5.41) is 16.6. The molecule has 1 aromatic carbocycles. The van der Waals surface area contributed by atoms with Gasteiger partial charge in [-0.05, 0) is 29.1 Å². The van der Waals surface area contributed by atoms with Crippen LogP contribution in [-0.2, 0) is 6.42 Å². The summed E-state index contributed by atoms with van der Waals surface area (Å²) in [5.41, 5.74) is 0.711. The monoisotopic (exact) mass is 494 g/mol. The zero-order valence-electron chi connectivity index (χ0n) is 15.8. The summed E-state index contributed by atoms with van der Waals surface area (Å²) >= 11 is 19.3. The lowest BCUT2D eigenvalue weighted by atomic mass is 10.1. The largest absolute Gasteiger partial charge is 0.494 e. The standard InChI is InChI=1S/C20H13Cl3N4O3S/c1-30-14-7-12(22)6-13(19(28)26-15-3-2-11(21)8-25-15)17(14)27-20(29)18-16(23)10(4-5-24)9-31-18/h2-3,6-9H,4H2,1H3,(H,27,29)(H,25,26,28). The number of benzene rings is 1. The molecule has 2 aromatic heterocycles. The second-order valence-electron chi connectivity index (χ2n) is 6.04. The maximum atomic E-state index is 12.9. The molecular weight excluding hydrogens is 483 g/mol. The second-order valence-corrected chi connectivity index (χ2v) is 8.17. The number of nitriles is 1. The minimum absolute atomic E-state index is 0.0550. The molecule has 2 amide bonds. The van der Waals surface area contributed by atoms with E-state index in [0.29, 0.717) is 10.6 Å². The molecule has 0 spiro atoms. The first-order chi connectivity index (χ1) is 14.8. The maximum Gasteiger partial charge on any atom is 0.267 e. The molecule has 3 rings (SSSR count).